The number of hydrogen-bond acceptors (Lipinski definition) is 4. The summed E-state index contributed by atoms with van der Waals surface area (Å²) < 4.78 is 4.67. The Morgan fingerprint density at radius 1 is 1.20 bits per heavy atom. The Labute approximate surface area is 118 Å². The molecule has 2 amide bonds. The molecule has 0 fully saturated rings. The van der Waals surface area contributed by atoms with Crippen molar-refractivity contribution in [1.29, 1.82) is 0 Å². The number of rotatable bonds is 6. The van der Waals surface area contributed by atoms with Crippen molar-refractivity contribution in [3.05, 3.63) is 29.8 Å². The lowest BCUT2D eigenvalue weighted by atomic mass is 10.2. The van der Waals surface area contributed by atoms with E-state index in [1.807, 2.05) is 13.8 Å². The second-order valence-electron chi connectivity index (χ2n) is 4.04. The van der Waals surface area contributed by atoms with Gasteiger partial charge in [-0.2, -0.15) is 0 Å². The third-order valence-corrected chi connectivity index (χ3v) is 2.75. The van der Waals surface area contributed by atoms with Gasteiger partial charge in [0.15, 0.2) is 0 Å². The van der Waals surface area contributed by atoms with E-state index >= 15 is 0 Å². The van der Waals surface area contributed by atoms with Gasteiger partial charge in [0.1, 0.15) is 6.61 Å². The van der Waals surface area contributed by atoms with Gasteiger partial charge in [-0.25, -0.2) is 4.79 Å². The van der Waals surface area contributed by atoms with Gasteiger partial charge in [0, 0.05) is 24.3 Å². The minimum absolute atomic E-state index is 0.0376. The van der Waals surface area contributed by atoms with Crippen LogP contribution >= 0.6 is 0 Å². The van der Waals surface area contributed by atoms with Crippen LogP contribution in [0.3, 0.4) is 0 Å². The van der Waals surface area contributed by atoms with Crippen LogP contribution in [0, 0.1) is 0 Å². The number of nitrogens with zero attached hydrogens (tertiary/aromatic N) is 1. The van der Waals surface area contributed by atoms with E-state index in [-0.39, 0.29) is 19.1 Å². The molecule has 110 valence electrons. The number of aliphatic hydroxyl groups is 1. The highest BCUT2D eigenvalue weighted by molar-refractivity contribution is 5.95. The summed E-state index contributed by atoms with van der Waals surface area (Å²) in [4.78, 5) is 25.1. The molecule has 0 saturated heterocycles. The molecule has 1 rings (SSSR count). The van der Waals surface area contributed by atoms with Crippen molar-refractivity contribution >= 4 is 17.7 Å². The van der Waals surface area contributed by atoms with E-state index < -0.39 is 6.09 Å². The second-order valence-corrected chi connectivity index (χ2v) is 4.04. The summed E-state index contributed by atoms with van der Waals surface area (Å²) in [6.07, 6.45) is -0.637. The Balaban J connectivity index is 2.64. The van der Waals surface area contributed by atoms with Gasteiger partial charge in [-0.1, -0.05) is 0 Å². The second kappa shape index (κ2) is 8.16. The lowest BCUT2D eigenvalue weighted by molar-refractivity contribution is 0.0773. The number of carbonyl (C=O) groups excluding carboxylic acids is 2. The lowest BCUT2D eigenvalue weighted by Crippen LogP contribution is -2.30. The first-order valence-electron chi connectivity index (χ1n) is 6.56. The number of carbonyl (C=O) groups is 2. The topological polar surface area (TPSA) is 78.9 Å². The van der Waals surface area contributed by atoms with Crippen LogP contribution in [0.15, 0.2) is 24.3 Å². The van der Waals surface area contributed by atoms with Gasteiger partial charge in [-0.15, -0.1) is 0 Å². The molecule has 6 nitrogen and oxygen atoms in total. The molecule has 0 heterocycles. The van der Waals surface area contributed by atoms with E-state index in [1.165, 1.54) is 0 Å². The Morgan fingerprint density at radius 2 is 1.80 bits per heavy atom. The van der Waals surface area contributed by atoms with Gasteiger partial charge < -0.3 is 14.7 Å². The smallest absolute Gasteiger partial charge is 0.411 e. The van der Waals surface area contributed by atoms with E-state index in [9.17, 15) is 9.59 Å². The quantitative estimate of drug-likeness (QED) is 0.831. The van der Waals surface area contributed by atoms with Crippen LogP contribution in [0.25, 0.3) is 0 Å². The maximum atomic E-state index is 12.1. The summed E-state index contributed by atoms with van der Waals surface area (Å²) in [6.45, 7) is 4.89. The molecule has 1 aromatic carbocycles. The van der Waals surface area contributed by atoms with Crippen LogP contribution < -0.4 is 5.32 Å². The maximum absolute atomic E-state index is 12.1. The fraction of sp³-hybridized carbons (Fsp3) is 0.429. The molecule has 2 N–H and O–H groups in total. The molecule has 0 aliphatic rings. The summed E-state index contributed by atoms with van der Waals surface area (Å²) >= 11 is 0. The molecular weight excluding hydrogens is 260 g/mol. The molecule has 0 aliphatic heterocycles. The van der Waals surface area contributed by atoms with E-state index in [0.29, 0.717) is 24.3 Å². The van der Waals surface area contributed by atoms with Gasteiger partial charge >= 0.3 is 6.09 Å². The predicted molar refractivity (Wildman–Crippen MR) is 75.8 cm³/mol. The van der Waals surface area contributed by atoms with Crippen molar-refractivity contribution in [2.45, 2.75) is 13.8 Å². The number of ether oxygens (including phenoxy) is 1. The maximum Gasteiger partial charge on any atom is 0.411 e. The van der Waals surface area contributed by atoms with E-state index in [1.54, 1.807) is 29.2 Å². The Morgan fingerprint density at radius 3 is 2.30 bits per heavy atom. The Kier molecular flexibility index (Phi) is 6.52. The molecule has 0 radical (unpaired) electrons. The van der Waals surface area contributed by atoms with Crippen LogP contribution in [-0.4, -0.2) is 48.3 Å². The standard InChI is InChI=1S/C14H20N2O4/c1-3-16(4-2)13(18)11-5-7-12(8-6-11)15-14(19)20-10-9-17/h5-8,17H,3-4,9-10H2,1-2H3,(H,15,19). The summed E-state index contributed by atoms with van der Waals surface area (Å²) in [5, 5.41) is 11.0. The van der Waals surface area contributed by atoms with Crippen LogP contribution in [0.4, 0.5) is 10.5 Å². The number of hydrogen-bond donors (Lipinski definition) is 2. The van der Waals surface area contributed by atoms with Crippen LogP contribution in [0.2, 0.25) is 0 Å². The Bertz CT molecular complexity index is 441. The SMILES string of the molecule is CCN(CC)C(=O)c1ccc(NC(=O)OCCO)cc1. The number of amides is 2. The molecule has 20 heavy (non-hydrogen) atoms. The van der Waals surface area contributed by atoms with Crippen molar-refractivity contribution in [3.63, 3.8) is 0 Å². The van der Waals surface area contributed by atoms with Crippen LogP contribution in [0.1, 0.15) is 24.2 Å². The number of aliphatic hydroxyl groups excluding tert-OH is 1. The van der Waals surface area contributed by atoms with Crippen molar-refractivity contribution in [3.8, 4) is 0 Å². The summed E-state index contributed by atoms with van der Waals surface area (Å²) in [6, 6.07) is 6.58. The molecule has 0 unspecified atom stereocenters. The molecule has 1 aromatic rings. The van der Waals surface area contributed by atoms with Crippen LogP contribution in [0.5, 0.6) is 0 Å². The molecular formula is C14H20N2O4. The molecule has 6 heteroatoms. The van der Waals surface area contributed by atoms with Crippen molar-refractivity contribution < 1.29 is 19.4 Å². The first kappa shape index (κ1) is 16.0. The molecule has 0 aliphatic carbocycles. The van der Waals surface area contributed by atoms with E-state index in [2.05, 4.69) is 10.1 Å². The highest BCUT2D eigenvalue weighted by Crippen LogP contribution is 2.12. The first-order valence-corrected chi connectivity index (χ1v) is 6.56. The van der Waals surface area contributed by atoms with Gasteiger partial charge in [0.05, 0.1) is 6.61 Å². The number of nitrogens with one attached hydrogen (secondary N) is 1. The zero-order valence-electron chi connectivity index (χ0n) is 11.8. The average Bonchev–Trinajstić information content (AvgIpc) is 2.47. The number of benzene rings is 1. The van der Waals surface area contributed by atoms with Gasteiger partial charge in [-0.05, 0) is 38.1 Å². The zero-order valence-corrected chi connectivity index (χ0v) is 11.8. The van der Waals surface area contributed by atoms with E-state index in [4.69, 9.17) is 5.11 Å². The summed E-state index contributed by atoms with van der Waals surface area (Å²) in [5.74, 6) is -0.0376. The monoisotopic (exact) mass is 280 g/mol. The first-order chi connectivity index (χ1) is 9.62. The third kappa shape index (κ3) is 4.55. The molecule has 0 bridgehead atoms. The predicted octanol–water partition coefficient (Wildman–Crippen LogP) is 1.71. The van der Waals surface area contributed by atoms with Crippen LogP contribution in [-0.2, 0) is 4.74 Å². The molecule has 0 spiro atoms. The average molecular weight is 280 g/mol. The van der Waals surface area contributed by atoms with E-state index in [0.717, 1.165) is 0 Å². The molecule has 0 aromatic heterocycles. The highest BCUT2D eigenvalue weighted by Gasteiger charge is 2.12. The largest absolute Gasteiger partial charge is 0.447 e. The van der Waals surface area contributed by atoms with Gasteiger partial charge in [0.25, 0.3) is 5.91 Å². The van der Waals surface area contributed by atoms with Gasteiger partial charge in [-0.3, -0.25) is 10.1 Å². The normalized spacial score (nSPS) is 9.95. The number of anilines is 1. The minimum atomic E-state index is -0.637. The Hall–Kier alpha value is -2.08. The summed E-state index contributed by atoms with van der Waals surface area (Å²) in [7, 11) is 0. The lowest BCUT2D eigenvalue weighted by Gasteiger charge is -2.18. The van der Waals surface area contributed by atoms with Crippen molar-refractivity contribution in [1.82, 2.24) is 4.90 Å². The third-order valence-electron chi connectivity index (χ3n) is 2.75. The molecule has 0 atom stereocenters. The highest BCUT2D eigenvalue weighted by atomic mass is 16.6. The minimum Gasteiger partial charge on any atom is -0.447 e. The van der Waals surface area contributed by atoms with Crippen molar-refractivity contribution in [2.24, 2.45) is 0 Å². The fourth-order valence-corrected chi connectivity index (χ4v) is 1.68. The fourth-order valence-electron chi connectivity index (χ4n) is 1.68. The molecule has 0 saturated carbocycles. The van der Waals surface area contributed by atoms with Gasteiger partial charge in [0.2, 0.25) is 0 Å². The zero-order chi connectivity index (χ0) is 15.0. The van der Waals surface area contributed by atoms with Crippen molar-refractivity contribution in [2.75, 3.05) is 31.6 Å². The summed E-state index contributed by atoms with van der Waals surface area (Å²) in [5.41, 5.74) is 1.10.